The van der Waals surface area contributed by atoms with Crippen LogP contribution >= 0.6 is 0 Å². The summed E-state index contributed by atoms with van der Waals surface area (Å²) in [4.78, 5) is 30.4. The lowest BCUT2D eigenvalue weighted by Crippen LogP contribution is -2.32. The summed E-state index contributed by atoms with van der Waals surface area (Å²) in [5.74, 6) is 0.921. The van der Waals surface area contributed by atoms with Gasteiger partial charge < -0.3 is 14.8 Å². The first-order chi connectivity index (χ1) is 12.1. The van der Waals surface area contributed by atoms with Crippen molar-refractivity contribution in [1.82, 2.24) is 19.8 Å². The smallest absolute Gasteiger partial charge is 0.224 e. The average Bonchev–Trinajstić information content (AvgIpc) is 2.77. The van der Waals surface area contributed by atoms with Crippen LogP contribution in [0.15, 0.2) is 24.3 Å². The molecule has 6 heteroatoms. The van der Waals surface area contributed by atoms with Gasteiger partial charge in [0.05, 0.1) is 17.6 Å². The third kappa shape index (κ3) is 4.38. The van der Waals surface area contributed by atoms with Crippen LogP contribution in [0.1, 0.15) is 44.9 Å². The van der Waals surface area contributed by atoms with Gasteiger partial charge in [-0.15, -0.1) is 0 Å². The largest absolute Gasteiger partial charge is 0.349 e. The maximum Gasteiger partial charge on any atom is 0.224 e. The Kier molecular flexibility index (Phi) is 5.68. The molecular formula is C19H26N4O2. The van der Waals surface area contributed by atoms with E-state index in [0.717, 1.165) is 42.8 Å². The minimum atomic E-state index is -0.0840. The molecule has 1 aromatic heterocycles. The van der Waals surface area contributed by atoms with Gasteiger partial charge >= 0.3 is 0 Å². The molecule has 1 saturated heterocycles. The minimum absolute atomic E-state index is 0.0840. The number of carbonyl (C=O) groups excluding carboxylic acids is 2. The van der Waals surface area contributed by atoms with E-state index in [1.54, 1.807) is 0 Å². The van der Waals surface area contributed by atoms with Gasteiger partial charge in [0.1, 0.15) is 5.82 Å². The first kappa shape index (κ1) is 17.5. The number of imidazole rings is 1. The van der Waals surface area contributed by atoms with Crippen LogP contribution in [-0.2, 0) is 22.7 Å². The highest BCUT2D eigenvalue weighted by Crippen LogP contribution is 2.17. The number of fused-ring (bicyclic) bond motifs is 1. The molecule has 0 bridgehead atoms. The van der Waals surface area contributed by atoms with E-state index in [0.29, 0.717) is 19.5 Å². The zero-order valence-corrected chi connectivity index (χ0v) is 14.8. The lowest BCUT2D eigenvalue weighted by Gasteiger charge is -2.20. The number of aryl methyl sites for hydroxylation is 1. The third-order valence-corrected chi connectivity index (χ3v) is 4.74. The average molecular weight is 342 g/mol. The van der Waals surface area contributed by atoms with E-state index in [1.807, 2.05) is 29.2 Å². The molecule has 0 saturated carbocycles. The van der Waals surface area contributed by atoms with E-state index in [2.05, 4.69) is 14.9 Å². The van der Waals surface area contributed by atoms with Crippen LogP contribution < -0.4 is 5.32 Å². The van der Waals surface area contributed by atoms with Gasteiger partial charge in [0.15, 0.2) is 0 Å². The Balaban J connectivity index is 1.73. The molecule has 3 rings (SSSR count). The number of likely N-dealkylation sites (tertiary alicyclic amines) is 1. The normalized spacial score (nSPS) is 15.2. The van der Waals surface area contributed by atoms with Crippen molar-refractivity contribution in [3.63, 3.8) is 0 Å². The van der Waals surface area contributed by atoms with Gasteiger partial charge in [0, 0.05) is 33.0 Å². The molecule has 1 N–H and O–H groups in total. The number of hydrogen-bond acceptors (Lipinski definition) is 3. The molecule has 134 valence electrons. The van der Waals surface area contributed by atoms with Gasteiger partial charge in [-0.3, -0.25) is 9.59 Å². The number of nitrogens with one attached hydrogen (secondary N) is 1. The molecule has 0 radical (unpaired) electrons. The van der Waals surface area contributed by atoms with Crippen molar-refractivity contribution >= 4 is 22.8 Å². The minimum Gasteiger partial charge on any atom is -0.349 e. The lowest BCUT2D eigenvalue weighted by atomic mass is 10.2. The fourth-order valence-electron chi connectivity index (χ4n) is 3.40. The molecule has 1 fully saturated rings. The van der Waals surface area contributed by atoms with E-state index in [-0.39, 0.29) is 11.8 Å². The van der Waals surface area contributed by atoms with Crippen molar-refractivity contribution in [2.75, 3.05) is 13.1 Å². The number of para-hydroxylation sites is 2. The van der Waals surface area contributed by atoms with E-state index in [4.69, 9.17) is 0 Å². The summed E-state index contributed by atoms with van der Waals surface area (Å²) < 4.78 is 2.06. The van der Waals surface area contributed by atoms with Gasteiger partial charge in [-0.05, 0) is 25.0 Å². The molecular weight excluding hydrogens is 316 g/mol. The molecule has 25 heavy (non-hydrogen) atoms. The van der Waals surface area contributed by atoms with Crippen molar-refractivity contribution in [2.24, 2.45) is 0 Å². The topological polar surface area (TPSA) is 67.2 Å². The number of amides is 2. The van der Waals surface area contributed by atoms with E-state index >= 15 is 0 Å². The maximum atomic E-state index is 12.6. The molecule has 0 unspecified atom stereocenters. The van der Waals surface area contributed by atoms with Crippen LogP contribution in [0.4, 0.5) is 0 Å². The lowest BCUT2D eigenvalue weighted by molar-refractivity contribution is -0.131. The Hall–Kier alpha value is -2.37. The van der Waals surface area contributed by atoms with Crippen LogP contribution in [0, 0.1) is 0 Å². The van der Waals surface area contributed by atoms with Crippen molar-refractivity contribution in [3.8, 4) is 0 Å². The van der Waals surface area contributed by atoms with Crippen LogP contribution in [0.2, 0.25) is 0 Å². The zero-order chi connectivity index (χ0) is 17.6. The van der Waals surface area contributed by atoms with E-state index in [9.17, 15) is 9.59 Å². The summed E-state index contributed by atoms with van der Waals surface area (Å²) in [6, 6.07) is 7.89. The van der Waals surface area contributed by atoms with E-state index in [1.165, 1.54) is 19.8 Å². The van der Waals surface area contributed by atoms with Crippen LogP contribution in [-0.4, -0.2) is 39.4 Å². The quantitative estimate of drug-likeness (QED) is 0.908. The summed E-state index contributed by atoms with van der Waals surface area (Å²) in [6.45, 7) is 4.22. The second kappa shape index (κ2) is 8.14. The van der Waals surface area contributed by atoms with Gasteiger partial charge in [0.2, 0.25) is 11.8 Å². The van der Waals surface area contributed by atoms with Crippen molar-refractivity contribution < 1.29 is 9.59 Å². The highest BCUT2D eigenvalue weighted by atomic mass is 16.2. The number of aromatic nitrogens is 2. The molecule has 6 nitrogen and oxygen atoms in total. The summed E-state index contributed by atoms with van der Waals surface area (Å²) in [5.41, 5.74) is 1.90. The summed E-state index contributed by atoms with van der Waals surface area (Å²) >= 11 is 0. The Morgan fingerprint density at radius 2 is 1.84 bits per heavy atom. The molecule has 1 aromatic carbocycles. The summed E-state index contributed by atoms with van der Waals surface area (Å²) in [7, 11) is 0. The molecule has 0 spiro atoms. The molecule has 2 aromatic rings. The Morgan fingerprint density at radius 1 is 1.12 bits per heavy atom. The third-order valence-electron chi connectivity index (χ3n) is 4.74. The van der Waals surface area contributed by atoms with Crippen molar-refractivity contribution in [3.05, 3.63) is 30.1 Å². The predicted molar refractivity (Wildman–Crippen MR) is 96.9 cm³/mol. The number of hydrogen-bond donors (Lipinski definition) is 1. The number of nitrogens with zero attached hydrogens (tertiary/aromatic N) is 3. The fraction of sp³-hybridized carbons (Fsp3) is 0.526. The molecule has 0 aliphatic carbocycles. The zero-order valence-electron chi connectivity index (χ0n) is 14.8. The van der Waals surface area contributed by atoms with Gasteiger partial charge in [-0.25, -0.2) is 4.98 Å². The van der Waals surface area contributed by atoms with Crippen molar-refractivity contribution in [1.29, 1.82) is 0 Å². The molecule has 1 aliphatic rings. The Labute approximate surface area is 148 Å². The molecule has 0 atom stereocenters. The molecule has 2 heterocycles. The van der Waals surface area contributed by atoms with Crippen molar-refractivity contribution in [2.45, 2.75) is 52.1 Å². The SMILES string of the molecule is CC(=O)NCc1nc2ccccc2n1CCC(=O)N1CCCCCC1. The Bertz CT molecular complexity index is 745. The molecule has 1 aliphatic heterocycles. The second-order valence-corrected chi connectivity index (χ2v) is 6.62. The highest BCUT2D eigenvalue weighted by molar-refractivity contribution is 5.78. The summed E-state index contributed by atoms with van der Waals surface area (Å²) in [6.07, 6.45) is 5.11. The highest BCUT2D eigenvalue weighted by Gasteiger charge is 2.17. The van der Waals surface area contributed by atoms with Gasteiger partial charge in [0.25, 0.3) is 0 Å². The maximum absolute atomic E-state index is 12.6. The predicted octanol–water partition coefficient (Wildman–Crippen LogP) is 2.47. The standard InChI is InChI=1S/C19H26N4O2/c1-15(24)20-14-18-21-16-8-4-5-9-17(16)23(18)13-10-19(25)22-11-6-2-3-7-12-22/h4-5,8-9H,2-3,6-7,10-14H2,1H3,(H,20,24). The van der Waals surface area contributed by atoms with Crippen LogP contribution in [0.5, 0.6) is 0 Å². The van der Waals surface area contributed by atoms with Crippen LogP contribution in [0.25, 0.3) is 11.0 Å². The van der Waals surface area contributed by atoms with Crippen LogP contribution in [0.3, 0.4) is 0 Å². The Morgan fingerprint density at radius 3 is 2.56 bits per heavy atom. The number of carbonyl (C=O) groups is 2. The monoisotopic (exact) mass is 342 g/mol. The number of rotatable bonds is 5. The summed E-state index contributed by atoms with van der Waals surface area (Å²) in [5, 5.41) is 2.80. The molecule has 2 amide bonds. The van der Waals surface area contributed by atoms with E-state index < -0.39 is 0 Å². The fourth-order valence-corrected chi connectivity index (χ4v) is 3.40. The first-order valence-corrected chi connectivity index (χ1v) is 9.11. The van der Waals surface area contributed by atoms with Gasteiger partial charge in [-0.1, -0.05) is 25.0 Å². The number of benzene rings is 1. The first-order valence-electron chi connectivity index (χ1n) is 9.11. The second-order valence-electron chi connectivity index (χ2n) is 6.62. The van der Waals surface area contributed by atoms with Gasteiger partial charge in [-0.2, -0.15) is 0 Å².